The number of amides is 1. The van der Waals surface area contributed by atoms with Crippen molar-refractivity contribution in [2.75, 3.05) is 19.7 Å². The minimum Gasteiger partial charge on any atom is -0.444 e. The number of carbonyl (C=O) groups excluding carboxylic acids is 1. The van der Waals surface area contributed by atoms with Gasteiger partial charge in [0, 0.05) is 6.54 Å². The zero-order valence-electron chi connectivity index (χ0n) is 16.7. The molecule has 0 bridgehead atoms. The van der Waals surface area contributed by atoms with Crippen LogP contribution < -0.4 is 0 Å². The molecule has 1 amide bonds. The van der Waals surface area contributed by atoms with E-state index in [1.807, 2.05) is 32.9 Å². The maximum atomic E-state index is 12.1. The van der Waals surface area contributed by atoms with Crippen LogP contribution in [0.15, 0.2) is 12.2 Å². The molecule has 0 aliphatic carbocycles. The first kappa shape index (κ1) is 22.7. The third kappa shape index (κ3) is 9.14. The summed E-state index contributed by atoms with van der Waals surface area (Å²) in [5, 5.41) is 0.209. The van der Waals surface area contributed by atoms with Gasteiger partial charge < -0.3 is 9.16 Å². The summed E-state index contributed by atoms with van der Waals surface area (Å²) in [6.45, 7) is 18.1. The Morgan fingerprint density at radius 3 is 2.21 bits per heavy atom. The Bertz CT molecular complexity index is 464. The van der Waals surface area contributed by atoms with Crippen LogP contribution in [0.2, 0.25) is 18.1 Å². The lowest BCUT2D eigenvalue weighted by Gasteiger charge is -2.35. The fourth-order valence-corrected chi connectivity index (χ4v) is 2.51. The van der Waals surface area contributed by atoms with Gasteiger partial charge in [-0.15, -0.1) is 6.42 Å². The summed E-state index contributed by atoms with van der Waals surface area (Å²) in [6.07, 6.45) is 9.74. The molecule has 24 heavy (non-hydrogen) atoms. The highest BCUT2D eigenvalue weighted by Gasteiger charge is 2.36. The molecule has 0 unspecified atom stereocenters. The molecule has 0 N–H and O–H groups in total. The number of hydrogen-bond donors (Lipinski definition) is 0. The third-order valence-corrected chi connectivity index (χ3v) is 8.51. The molecule has 5 heteroatoms. The first-order valence-corrected chi connectivity index (χ1v) is 11.4. The van der Waals surface area contributed by atoms with Crippen LogP contribution in [-0.2, 0) is 9.16 Å². The Hall–Kier alpha value is -1.25. The van der Waals surface area contributed by atoms with Crippen LogP contribution in [0.25, 0.3) is 0 Å². The van der Waals surface area contributed by atoms with Gasteiger partial charge in [-0.25, -0.2) is 4.79 Å². The van der Waals surface area contributed by atoms with Gasteiger partial charge in [0.15, 0.2) is 8.32 Å². The van der Waals surface area contributed by atoms with Crippen molar-refractivity contribution in [2.24, 2.45) is 0 Å². The number of hydrogen-bond acceptors (Lipinski definition) is 3. The Kier molecular flexibility index (Phi) is 8.80. The molecule has 0 fully saturated rings. The normalized spacial score (nSPS) is 13.0. The summed E-state index contributed by atoms with van der Waals surface area (Å²) in [6, 6.07) is 0. The average Bonchev–Trinajstić information content (AvgIpc) is 2.37. The molecule has 0 rings (SSSR count). The highest BCUT2D eigenvalue weighted by Crippen LogP contribution is 2.36. The molecule has 0 saturated carbocycles. The zero-order chi connectivity index (χ0) is 19.0. The quantitative estimate of drug-likeness (QED) is 0.374. The van der Waals surface area contributed by atoms with E-state index in [4.69, 9.17) is 15.6 Å². The predicted octanol–water partition coefficient (Wildman–Crippen LogP) is 4.82. The molecule has 0 aromatic carbocycles. The number of ether oxygens (including phenoxy) is 1. The van der Waals surface area contributed by atoms with Crippen molar-refractivity contribution < 1.29 is 14.0 Å². The molecular weight excluding hydrogens is 318 g/mol. The van der Waals surface area contributed by atoms with Gasteiger partial charge in [0.1, 0.15) is 5.60 Å². The van der Waals surface area contributed by atoms with E-state index in [1.54, 1.807) is 4.90 Å². The van der Waals surface area contributed by atoms with Crippen LogP contribution >= 0.6 is 0 Å². The summed E-state index contributed by atoms with van der Waals surface area (Å²) in [4.78, 5) is 13.6. The standard InChI is InChI=1S/C19H35NO3Si/c1-10-14-20(17(21)23-18(2,3)4)15-12-11-13-16-22-24(8,9)19(5,6)7/h1,11,13H,12,14-16H2,2-9H3. The molecule has 0 atom stereocenters. The van der Waals surface area contributed by atoms with Gasteiger partial charge in [0.25, 0.3) is 0 Å². The van der Waals surface area contributed by atoms with Crippen LogP contribution in [0, 0.1) is 12.3 Å². The van der Waals surface area contributed by atoms with Gasteiger partial charge in [-0.1, -0.05) is 38.8 Å². The second-order valence-corrected chi connectivity index (χ2v) is 13.2. The molecule has 0 aromatic heterocycles. The number of terminal acetylenes is 1. The molecule has 0 aliphatic heterocycles. The zero-order valence-corrected chi connectivity index (χ0v) is 17.7. The third-order valence-electron chi connectivity index (χ3n) is 4.01. The number of nitrogens with zero attached hydrogens (tertiary/aromatic N) is 1. The lowest BCUT2D eigenvalue weighted by molar-refractivity contribution is 0.0278. The van der Waals surface area contributed by atoms with E-state index in [2.05, 4.69) is 39.8 Å². The lowest BCUT2D eigenvalue weighted by Crippen LogP contribution is -2.40. The summed E-state index contributed by atoms with van der Waals surface area (Å²) in [5.74, 6) is 2.50. The van der Waals surface area contributed by atoms with Crippen LogP contribution in [0.1, 0.15) is 48.0 Å². The second-order valence-electron chi connectivity index (χ2n) is 8.44. The first-order valence-electron chi connectivity index (χ1n) is 8.50. The van der Waals surface area contributed by atoms with E-state index < -0.39 is 13.9 Å². The lowest BCUT2D eigenvalue weighted by atomic mass is 10.2. The predicted molar refractivity (Wildman–Crippen MR) is 104 cm³/mol. The Balaban J connectivity index is 4.35. The van der Waals surface area contributed by atoms with Crippen LogP contribution in [0.3, 0.4) is 0 Å². The molecule has 0 saturated heterocycles. The van der Waals surface area contributed by atoms with Crippen molar-refractivity contribution in [1.29, 1.82) is 0 Å². The van der Waals surface area contributed by atoms with Gasteiger partial charge >= 0.3 is 6.09 Å². The fourth-order valence-electron chi connectivity index (χ4n) is 1.56. The van der Waals surface area contributed by atoms with E-state index in [-0.39, 0.29) is 17.7 Å². The summed E-state index contributed by atoms with van der Waals surface area (Å²) >= 11 is 0. The summed E-state index contributed by atoms with van der Waals surface area (Å²) in [7, 11) is -1.71. The van der Waals surface area contributed by atoms with Crippen molar-refractivity contribution in [3.63, 3.8) is 0 Å². The van der Waals surface area contributed by atoms with Gasteiger partial charge in [-0.05, 0) is 45.3 Å². The molecule has 0 spiro atoms. The Morgan fingerprint density at radius 2 is 1.75 bits per heavy atom. The SMILES string of the molecule is C#CCN(CCC=CCO[Si](C)(C)C(C)(C)C)C(=O)OC(C)(C)C. The topological polar surface area (TPSA) is 38.8 Å². The molecule has 0 heterocycles. The monoisotopic (exact) mass is 353 g/mol. The van der Waals surface area contributed by atoms with Crippen LogP contribution in [-0.4, -0.2) is 44.6 Å². The van der Waals surface area contributed by atoms with E-state index in [1.165, 1.54) is 0 Å². The van der Waals surface area contributed by atoms with Gasteiger partial charge in [-0.2, -0.15) is 0 Å². The van der Waals surface area contributed by atoms with Gasteiger partial charge in [0.05, 0.1) is 13.2 Å². The average molecular weight is 354 g/mol. The number of rotatable bonds is 7. The maximum absolute atomic E-state index is 12.1. The van der Waals surface area contributed by atoms with Crippen LogP contribution in [0.5, 0.6) is 0 Å². The van der Waals surface area contributed by atoms with E-state index in [9.17, 15) is 4.79 Å². The largest absolute Gasteiger partial charge is 0.444 e. The Morgan fingerprint density at radius 1 is 1.17 bits per heavy atom. The van der Waals surface area contributed by atoms with E-state index in [0.717, 1.165) is 6.42 Å². The Labute approximate surface area is 149 Å². The van der Waals surface area contributed by atoms with Crippen molar-refractivity contribution in [3.05, 3.63) is 12.2 Å². The smallest absolute Gasteiger partial charge is 0.411 e. The first-order chi connectivity index (χ1) is 10.8. The minimum atomic E-state index is -1.71. The van der Waals surface area contributed by atoms with E-state index in [0.29, 0.717) is 13.2 Å². The molecular formula is C19H35NO3Si. The molecule has 138 valence electrons. The summed E-state index contributed by atoms with van der Waals surface area (Å²) < 4.78 is 11.4. The van der Waals surface area contributed by atoms with Gasteiger partial charge in [0.2, 0.25) is 0 Å². The molecule has 4 nitrogen and oxygen atoms in total. The molecule has 0 aliphatic rings. The highest BCUT2D eigenvalue weighted by molar-refractivity contribution is 6.74. The molecule has 0 aromatic rings. The van der Waals surface area contributed by atoms with Crippen molar-refractivity contribution in [1.82, 2.24) is 4.90 Å². The van der Waals surface area contributed by atoms with Crippen molar-refractivity contribution in [2.45, 2.75) is 71.7 Å². The van der Waals surface area contributed by atoms with Gasteiger partial charge in [-0.3, -0.25) is 4.90 Å². The fraction of sp³-hybridized carbons (Fsp3) is 0.737. The molecule has 0 radical (unpaired) electrons. The van der Waals surface area contributed by atoms with Crippen molar-refractivity contribution in [3.8, 4) is 12.3 Å². The maximum Gasteiger partial charge on any atom is 0.411 e. The minimum absolute atomic E-state index is 0.209. The second kappa shape index (κ2) is 9.29. The number of carbonyl (C=O) groups is 1. The highest BCUT2D eigenvalue weighted by atomic mass is 28.4. The van der Waals surface area contributed by atoms with Crippen molar-refractivity contribution >= 4 is 14.4 Å². The summed E-state index contributed by atoms with van der Waals surface area (Å²) in [5.41, 5.74) is -0.517. The van der Waals surface area contributed by atoms with E-state index >= 15 is 0 Å². The van der Waals surface area contributed by atoms with Crippen LogP contribution in [0.4, 0.5) is 4.79 Å².